The van der Waals surface area contributed by atoms with Gasteiger partial charge in [-0.1, -0.05) is 24.3 Å². The van der Waals surface area contributed by atoms with Gasteiger partial charge in [0.05, 0.1) is 16.3 Å². The first-order valence-corrected chi connectivity index (χ1v) is 5.26. The highest BCUT2D eigenvalue weighted by Gasteiger charge is 2.15. The molecule has 1 heterocycles. The Bertz CT molecular complexity index is 715. The smallest absolute Gasteiger partial charge is 0.225 e. The number of rotatable bonds is 0. The molecule has 0 radical (unpaired) electrons. The van der Waals surface area contributed by atoms with Gasteiger partial charge in [0, 0.05) is 12.1 Å². The first-order valence-electron chi connectivity index (χ1n) is 5.26. The van der Waals surface area contributed by atoms with Crippen LogP contribution < -0.4 is 4.73 Å². The predicted octanol–water partition coefficient (Wildman–Crippen LogP) is 2.50. The second-order valence-corrected chi connectivity index (χ2v) is 3.82. The summed E-state index contributed by atoms with van der Waals surface area (Å²) in [6.07, 6.45) is 0. The highest BCUT2D eigenvalue weighted by Crippen LogP contribution is 2.23. The van der Waals surface area contributed by atoms with Gasteiger partial charge in [0.25, 0.3) is 0 Å². The van der Waals surface area contributed by atoms with Gasteiger partial charge in [-0.3, -0.25) is 0 Å². The molecule has 0 atom stereocenters. The number of para-hydroxylation sites is 2. The molecule has 0 N–H and O–H groups in total. The molecule has 0 saturated carbocycles. The van der Waals surface area contributed by atoms with Gasteiger partial charge in [0.15, 0.2) is 0 Å². The van der Waals surface area contributed by atoms with Crippen molar-refractivity contribution in [3.8, 4) is 6.07 Å². The molecule has 0 aliphatic carbocycles. The first kappa shape index (κ1) is 9.61. The van der Waals surface area contributed by atoms with Crippen LogP contribution in [0, 0.1) is 16.5 Å². The number of hydrogen-bond donors (Lipinski definition) is 0. The van der Waals surface area contributed by atoms with Crippen molar-refractivity contribution >= 4 is 21.8 Å². The number of nitriles is 1. The molecule has 0 unspecified atom stereocenters. The van der Waals surface area contributed by atoms with Crippen LogP contribution in [0.1, 0.15) is 5.56 Å². The summed E-state index contributed by atoms with van der Waals surface area (Å²) in [6.45, 7) is 0. The monoisotopic (exact) mass is 220 g/mol. The lowest BCUT2D eigenvalue weighted by molar-refractivity contribution is -0.547. The van der Waals surface area contributed by atoms with Crippen molar-refractivity contribution < 1.29 is 4.73 Å². The normalized spacial score (nSPS) is 10.5. The van der Waals surface area contributed by atoms with Crippen LogP contribution in [-0.4, -0.2) is 0 Å². The molecule has 3 nitrogen and oxygen atoms in total. The van der Waals surface area contributed by atoms with Gasteiger partial charge in [-0.15, -0.1) is 0 Å². The van der Waals surface area contributed by atoms with Gasteiger partial charge >= 0.3 is 0 Å². The molecule has 3 rings (SSSR count). The maximum Gasteiger partial charge on any atom is 0.225 e. The van der Waals surface area contributed by atoms with Crippen LogP contribution in [0.25, 0.3) is 21.8 Å². The maximum absolute atomic E-state index is 12.2. The van der Waals surface area contributed by atoms with Crippen LogP contribution in [0.2, 0.25) is 0 Å². The lowest BCUT2D eigenvalue weighted by Crippen LogP contribution is -2.28. The molecule has 0 saturated heterocycles. The van der Waals surface area contributed by atoms with Crippen molar-refractivity contribution in [1.82, 2.24) is 0 Å². The third-order valence-corrected chi connectivity index (χ3v) is 2.90. The molecular weight excluding hydrogens is 212 g/mol. The van der Waals surface area contributed by atoms with Crippen LogP contribution in [0.15, 0.2) is 48.5 Å². The van der Waals surface area contributed by atoms with E-state index < -0.39 is 0 Å². The Morgan fingerprint density at radius 1 is 0.882 bits per heavy atom. The summed E-state index contributed by atoms with van der Waals surface area (Å²) in [6, 6.07) is 16.5. The third-order valence-electron chi connectivity index (χ3n) is 2.90. The van der Waals surface area contributed by atoms with Gasteiger partial charge in [0.1, 0.15) is 6.07 Å². The number of nitrogens with zero attached hydrogens (tertiary/aromatic N) is 2. The van der Waals surface area contributed by atoms with E-state index in [1.54, 1.807) is 36.4 Å². The van der Waals surface area contributed by atoms with Crippen molar-refractivity contribution in [1.29, 1.82) is 5.26 Å². The lowest BCUT2D eigenvalue weighted by Gasteiger charge is -2.07. The summed E-state index contributed by atoms with van der Waals surface area (Å²) in [7, 11) is 0. The van der Waals surface area contributed by atoms with Crippen molar-refractivity contribution in [2.24, 2.45) is 0 Å². The fourth-order valence-corrected chi connectivity index (χ4v) is 2.12. The summed E-state index contributed by atoms with van der Waals surface area (Å²) in [5.74, 6) is 0. The van der Waals surface area contributed by atoms with Gasteiger partial charge in [-0.25, -0.2) is 0 Å². The molecular formula is C14H8N2O. The summed E-state index contributed by atoms with van der Waals surface area (Å²) < 4.78 is 0.880. The predicted molar refractivity (Wildman–Crippen MR) is 65.1 cm³/mol. The summed E-state index contributed by atoms with van der Waals surface area (Å²) in [5.41, 5.74) is 1.62. The average Bonchev–Trinajstić information content (AvgIpc) is 2.40. The summed E-state index contributed by atoms with van der Waals surface area (Å²) >= 11 is 0. The van der Waals surface area contributed by atoms with Crippen LogP contribution in [0.4, 0.5) is 0 Å². The van der Waals surface area contributed by atoms with Crippen LogP contribution in [0.3, 0.4) is 0 Å². The van der Waals surface area contributed by atoms with E-state index in [9.17, 15) is 10.5 Å². The van der Waals surface area contributed by atoms with E-state index in [0.717, 1.165) is 4.73 Å². The van der Waals surface area contributed by atoms with Crippen LogP contribution in [0.5, 0.6) is 0 Å². The van der Waals surface area contributed by atoms with Gasteiger partial charge in [-0.05, 0) is 12.1 Å². The van der Waals surface area contributed by atoms with E-state index in [1.807, 2.05) is 12.1 Å². The van der Waals surface area contributed by atoms with Gasteiger partial charge < -0.3 is 5.21 Å². The Kier molecular flexibility index (Phi) is 1.96. The molecule has 17 heavy (non-hydrogen) atoms. The number of benzene rings is 2. The second kappa shape index (κ2) is 3.46. The molecule has 0 aliphatic heterocycles. The van der Waals surface area contributed by atoms with Crippen LogP contribution in [-0.2, 0) is 0 Å². The molecule has 0 aliphatic rings. The quantitative estimate of drug-likeness (QED) is 0.332. The molecule has 0 spiro atoms. The Balaban J connectivity index is 2.70. The standard InChI is InChI=1S/C14H8N2O/c15-9-12-10-5-1-3-7-13(10)16(17)14-8-4-2-6-11(12)14/h1-8H. The largest absolute Gasteiger partial charge is 0.618 e. The molecule has 3 aromatic rings. The SMILES string of the molecule is N#Cc1c2ccccc2[n+]([O-])c2ccccc12. The van der Waals surface area contributed by atoms with Gasteiger partial charge in [-0.2, -0.15) is 9.99 Å². The Labute approximate surface area is 97.7 Å². The zero-order valence-corrected chi connectivity index (χ0v) is 8.92. The van der Waals surface area contributed by atoms with Crippen LogP contribution >= 0.6 is 0 Å². The molecule has 0 bridgehead atoms. The van der Waals surface area contributed by atoms with Gasteiger partial charge in [0.2, 0.25) is 11.0 Å². The molecule has 3 heteroatoms. The Morgan fingerprint density at radius 3 is 1.82 bits per heavy atom. The average molecular weight is 220 g/mol. The molecule has 1 aromatic heterocycles. The second-order valence-electron chi connectivity index (χ2n) is 3.82. The van der Waals surface area contributed by atoms with E-state index in [2.05, 4.69) is 6.07 Å². The zero-order chi connectivity index (χ0) is 11.8. The number of pyridine rings is 1. The number of fused-ring (bicyclic) bond motifs is 2. The highest BCUT2D eigenvalue weighted by atomic mass is 16.5. The minimum atomic E-state index is 0.530. The minimum Gasteiger partial charge on any atom is -0.618 e. The molecule has 80 valence electrons. The maximum atomic E-state index is 12.2. The van der Waals surface area contributed by atoms with Crippen molar-refractivity contribution in [3.63, 3.8) is 0 Å². The van der Waals surface area contributed by atoms with E-state index >= 15 is 0 Å². The third kappa shape index (κ3) is 1.25. The fraction of sp³-hybridized carbons (Fsp3) is 0. The van der Waals surface area contributed by atoms with Crippen molar-refractivity contribution in [2.45, 2.75) is 0 Å². The Morgan fingerprint density at radius 2 is 1.35 bits per heavy atom. The Hall–Kier alpha value is -2.60. The summed E-state index contributed by atoms with van der Waals surface area (Å²) in [4.78, 5) is 0. The topological polar surface area (TPSA) is 50.7 Å². The number of aromatic nitrogens is 1. The van der Waals surface area contributed by atoms with Crippen molar-refractivity contribution in [2.75, 3.05) is 0 Å². The van der Waals surface area contributed by atoms with E-state index in [1.165, 1.54) is 0 Å². The fourth-order valence-electron chi connectivity index (χ4n) is 2.12. The lowest BCUT2D eigenvalue weighted by atomic mass is 10.0. The van der Waals surface area contributed by atoms with Crippen molar-refractivity contribution in [3.05, 3.63) is 59.3 Å². The highest BCUT2D eigenvalue weighted by molar-refractivity contribution is 5.96. The zero-order valence-electron chi connectivity index (χ0n) is 8.92. The molecule has 0 amide bonds. The molecule has 2 aromatic carbocycles. The summed E-state index contributed by atoms with van der Waals surface area (Å²) in [5, 5.41) is 22.8. The van der Waals surface area contributed by atoms with E-state index in [0.29, 0.717) is 27.4 Å². The van der Waals surface area contributed by atoms with E-state index in [4.69, 9.17) is 0 Å². The first-order chi connectivity index (χ1) is 8.33. The molecule has 0 fully saturated rings. The number of hydrogen-bond acceptors (Lipinski definition) is 2. The minimum absolute atomic E-state index is 0.530. The van der Waals surface area contributed by atoms with E-state index in [-0.39, 0.29) is 0 Å².